The molecule has 0 heterocycles. The number of sulfonamides is 1. The minimum Gasteiger partial charge on any atom is -0.398 e. The number of nitrogens with one attached hydrogen (secondary N) is 1. The lowest BCUT2D eigenvalue weighted by Crippen LogP contribution is -2.53. The van der Waals surface area contributed by atoms with Crippen LogP contribution in [0.15, 0.2) is 23.1 Å². The van der Waals surface area contributed by atoms with Crippen molar-refractivity contribution in [2.24, 2.45) is 5.92 Å². The summed E-state index contributed by atoms with van der Waals surface area (Å²) in [5, 5.41) is 9.75. The predicted molar refractivity (Wildman–Crippen MR) is 83.4 cm³/mol. The van der Waals surface area contributed by atoms with Crippen LogP contribution in [0.2, 0.25) is 0 Å². The molecule has 2 unspecified atom stereocenters. The first kappa shape index (κ1) is 16.3. The van der Waals surface area contributed by atoms with Crippen LogP contribution in [0.25, 0.3) is 0 Å². The Kier molecular flexibility index (Phi) is 4.60. The van der Waals surface area contributed by atoms with Gasteiger partial charge in [-0.2, -0.15) is 0 Å². The second-order valence-corrected chi connectivity index (χ2v) is 7.86. The number of benzene rings is 1. The van der Waals surface area contributed by atoms with Crippen LogP contribution in [0.5, 0.6) is 0 Å². The molecule has 0 spiro atoms. The molecule has 6 heteroatoms. The Hall–Kier alpha value is -1.11. The third-order valence-electron chi connectivity index (χ3n) is 4.26. The lowest BCUT2D eigenvalue weighted by molar-refractivity contribution is 0.120. The van der Waals surface area contributed by atoms with Crippen molar-refractivity contribution in [1.82, 2.24) is 4.72 Å². The molecule has 4 N–H and O–H groups in total. The molecule has 5 nitrogen and oxygen atoms in total. The lowest BCUT2D eigenvalue weighted by atomic mass is 9.78. The molecule has 1 aliphatic rings. The summed E-state index contributed by atoms with van der Waals surface area (Å²) < 4.78 is 28.2. The first-order chi connectivity index (χ1) is 9.80. The maximum Gasteiger partial charge on any atom is 0.243 e. The normalized spacial score (nSPS) is 26.7. The van der Waals surface area contributed by atoms with Crippen molar-refractivity contribution in [3.05, 3.63) is 23.8 Å². The molecular weight excluding hydrogens is 288 g/mol. The average molecular weight is 312 g/mol. The Balaban J connectivity index is 2.36. The highest BCUT2D eigenvalue weighted by Gasteiger charge is 2.39. The van der Waals surface area contributed by atoms with Gasteiger partial charge in [0, 0.05) is 0 Å². The molecule has 0 radical (unpaired) electrons. The van der Waals surface area contributed by atoms with E-state index >= 15 is 0 Å². The van der Waals surface area contributed by atoms with Crippen LogP contribution < -0.4 is 10.5 Å². The molecule has 0 bridgehead atoms. The number of anilines is 1. The summed E-state index contributed by atoms with van der Waals surface area (Å²) in [6.07, 6.45) is 3.27. The molecule has 118 valence electrons. The maximum absolute atomic E-state index is 12.7. The zero-order chi connectivity index (χ0) is 15.7. The quantitative estimate of drug-likeness (QED) is 0.739. The standard InChI is InChI=1S/C15H24N2O3S/c1-11-5-4-8-15(9-11,10-18)17-21(19,20)14-12(2)6-3-7-13(14)16/h3,6-7,11,17-18H,4-5,8-10,16H2,1-2H3. The number of nitrogens with two attached hydrogens (primary N) is 1. The van der Waals surface area contributed by atoms with Gasteiger partial charge in [-0.3, -0.25) is 0 Å². The Labute approximate surface area is 126 Å². The van der Waals surface area contributed by atoms with Crippen LogP contribution in [0.4, 0.5) is 5.69 Å². The van der Waals surface area contributed by atoms with Crippen LogP contribution >= 0.6 is 0 Å². The summed E-state index contributed by atoms with van der Waals surface area (Å²) in [7, 11) is -3.75. The monoisotopic (exact) mass is 312 g/mol. The average Bonchev–Trinajstić information content (AvgIpc) is 2.37. The van der Waals surface area contributed by atoms with Gasteiger partial charge >= 0.3 is 0 Å². The van der Waals surface area contributed by atoms with Gasteiger partial charge in [-0.25, -0.2) is 13.1 Å². The van der Waals surface area contributed by atoms with Gasteiger partial charge in [0.25, 0.3) is 0 Å². The second-order valence-electron chi connectivity index (χ2n) is 6.24. The fourth-order valence-corrected chi connectivity index (χ4v) is 5.10. The van der Waals surface area contributed by atoms with Gasteiger partial charge in [-0.15, -0.1) is 0 Å². The van der Waals surface area contributed by atoms with Crippen molar-refractivity contribution in [1.29, 1.82) is 0 Å². The molecule has 21 heavy (non-hydrogen) atoms. The van der Waals surface area contributed by atoms with Gasteiger partial charge in [0.15, 0.2) is 0 Å². The lowest BCUT2D eigenvalue weighted by Gasteiger charge is -2.39. The smallest absolute Gasteiger partial charge is 0.243 e. The molecule has 1 fully saturated rings. The number of aliphatic hydroxyl groups excluding tert-OH is 1. The topological polar surface area (TPSA) is 92.4 Å². The minimum absolute atomic E-state index is 0.121. The van der Waals surface area contributed by atoms with Gasteiger partial charge in [-0.1, -0.05) is 31.9 Å². The molecule has 0 aliphatic heterocycles. The highest BCUT2D eigenvalue weighted by Crippen LogP contribution is 2.34. The van der Waals surface area contributed by atoms with E-state index in [1.165, 1.54) is 0 Å². The van der Waals surface area contributed by atoms with E-state index in [1.54, 1.807) is 25.1 Å². The number of aliphatic hydroxyl groups is 1. The SMILES string of the molecule is Cc1cccc(N)c1S(=O)(=O)NC1(CO)CCCC(C)C1. The van der Waals surface area contributed by atoms with Crippen LogP contribution in [-0.4, -0.2) is 25.7 Å². The molecule has 1 aromatic rings. The first-order valence-electron chi connectivity index (χ1n) is 7.30. The summed E-state index contributed by atoms with van der Waals surface area (Å²) in [6.45, 7) is 3.61. The third kappa shape index (κ3) is 3.39. The second kappa shape index (κ2) is 5.94. The van der Waals surface area contributed by atoms with Gasteiger partial charge in [0.1, 0.15) is 4.90 Å². The van der Waals surface area contributed by atoms with Crippen LogP contribution in [0.3, 0.4) is 0 Å². The zero-order valence-corrected chi connectivity index (χ0v) is 13.4. The van der Waals surface area contributed by atoms with E-state index in [0.29, 0.717) is 24.3 Å². The fraction of sp³-hybridized carbons (Fsp3) is 0.600. The molecule has 0 saturated heterocycles. The van der Waals surface area contributed by atoms with Crippen molar-refractivity contribution in [2.75, 3.05) is 12.3 Å². The van der Waals surface area contributed by atoms with E-state index in [4.69, 9.17) is 5.73 Å². The van der Waals surface area contributed by atoms with E-state index in [1.807, 2.05) is 0 Å². The summed E-state index contributed by atoms with van der Waals surface area (Å²) in [5.74, 6) is 0.391. The fourth-order valence-electron chi connectivity index (χ4n) is 3.31. The molecule has 0 aromatic heterocycles. The maximum atomic E-state index is 12.7. The Bertz CT molecular complexity index is 595. The summed E-state index contributed by atoms with van der Waals surface area (Å²) in [6, 6.07) is 5.03. The highest BCUT2D eigenvalue weighted by molar-refractivity contribution is 7.89. The number of hydrogen-bond donors (Lipinski definition) is 3. The number of rotatable bonds is 4. The van der Waals surface area contributed by atoms with Crippen molar-refractivity contribution < 1.29 is 13.5 Å². The Morgan fingerprint density at radius 2 is 2.19 bits per heavy atom. The molecule has 0 amide bonds. The molecule has 1 aromatic carbocycles. The van der Waals surface area contributed by atoms with Crippen LogP contribution in [0.1, 0.15) is 38.2 Å². The largest absolute Gasteiger partial charge is 0.398 e. The van der Waals surface area contributed by atoms with Gasteiger partial charge in [-0.05, 0) is 37.3 Å². The third-order valence-corrected chi connectivity index (χ3v) is 6.05. The van der Waals surface area contributed by atoms with Crippen molar-refractivity contribution >= 4 is 15.7 Å². The number of nitrogen functional groups attached to an aromatic ring is 1. The van der Waals surface area contributed by atoms with Crippen LogP contribution in [-0.2, 0) is 10.0 Å². The van der Waals surface area contributed by atoms with Crippen LogP contribution in [0, 0.1) is 12.8 Å². The van der Waals surface area contributed by atoms with E-state index in [-0.39, 0.29) is 17.2 Å². The van der Waals surface area contributed by atoms with E-state index in [0.717, 1.165) is 12.8 Å². The van der Waals surface area contributed by atoms with E-state index in [2.05, 4.69) is 11.6 Å². The summed E-state index contributed by atoms with van der Waals surface area (Å²) >= 11 is 0. The Morgan fingerprint density at radius 1 is 1.48 bits per heavy atom. The summed E-state index contributed by atoms with van der Waals surface area (Å²) in [5.41, 5.74) is 5.92. The van der Waals surface area contributed by atoms with Gasteiger partial charge in [0.2, 0.25) is 10.0 Å². The van der Waals surface area contributed by atoms with E-state index < -0.39 is 15.6 Å². The van der Waals surface area contributed by atoms with Crippen molar-refractivity contribution in [3.63, 3.8) is 0 Å². The van der Waals surface area contributed by atoms with Gasteiger partial charge < -0.3 is 10.8 Å². The van der Waals surface area contributed by atoms with Crippen molar-refractivity contribution in [2.45, 2.75) is 50.0 Å². The molecular formula is C15H24N2O3S. The molecule has 1 saturated carbocycles. The minimum atomic E-state index is -3.75. The predicted octanol–water partition coefficient (Wildman–Crippen LogP) is 1.80. The van der Waals surface area contributed by atoms with Crippen molar-refractivity contribution in [3.8, 4) is 0 Å². The molecule has 1 aliphatic carbocycles. The zero-order valence-electron chi connectivity index (χ0n) is 12.6. The van der Waals surface area contributed by atoms with Gasteiger partial charge in [0.05, 0.1) is 17.8 Å². The first-order valence-corrected chi connectivity index (χ1v) is 8.78. The number of aryl methyl sites for hydroxylation is 1. The van der Waals surface area contributed by atoms with E-state index in [9.17, 15) is 13.5 Å². The Morgan fingerprint density at radius 3 is 2.76 bits per heavy atom. The molecule has 2 rings (SSSR count). The highest BCUT2D eigenvalue weighted by atomic mass is 32.2. The number of hydrogen-bond acceptors (Lipinski definition) is 4. The summed E-state index contributed by atoms with van der Waals surface area (Å²) in [4.78, 5) is 0.121. The molecule has 2 atom stereocenters.